The Morgan fingerprint density at radius 3 is 2.18 bits per heavy atom. The van der Waals surface area contributed by atoms with Gasteiger partial charge >= 0.3 is 6.09 Å². The van der Waals surface area contributed by atoms with Crippen molar-refractivity contribution in [3.63, 3.8) is 0 Å². The van der Waals surface area contributed by atoms with E-state index in [1.165, 1.54) is 7.11 Å². The fourth-order valence-corrected chi connectivity index (χ4v) is 11.6. The molecule has 2 amide bonds. The Bertz CT molecular complexity index is 1030. The van der Waals surface area contributed by atoms with Gasteiger partial charge < -0.3 is 23.9 Å². The molecule has 2 aliphatic rings. The molecule has 1 fully saturated rings. The van der Waals surface area contributed by atoms with Crippen LogP contribution in [0.4, 0.5) is 10.5 Å². The maximum absolute atomic E-state index is 13.8. The number of nitrogens with zero attached hydrogens (tertiary/aromatic N) is 2. The molecule has 0 aliphatic carbocycles. The first-order valence-corrected chi connectivity index (χ1v) is 16.2. The molecule has 0 spiro atoms. The van der Waals surface area contributed by atoms with Crippen LogP contribution in [0.2, 0.25) is 16.6 Å². The summed E-state index contributed by atoms with van der Waals surface area (Å²) in [5, 5.41) is 11.5. The summed E-state index contributed by atoms with van der Waals surface area (Å²) in [4.78, 5) is 29.8. The zero-order valence-corrected chi connectivity index (χ0v) is 26.5. The van der Waals surface area contributed by atoms with Gasteiger partial charge in [0.2, 0.25) is 3.79 Å². The lowest BCUT2D eigenvalue weighted by Gasteiger charge is -2.42. The number of alkyl halides is 3. The van der Waals surface area contributed by atoms with E-state index in [0.29, 0.717) is 24.5 Å². The van der Waals surface area contributed by atoms with Crippen molar-refractivity contribution < 1.29 is 28.6 Å². The molecule has 0 radical (unpaired) electrons. The minimum atomic E-state index is -2.45. The number of amides is 2. The van der Waals surface area contributed by atoms with Crippen LogP contribution in [0.1, 0.15) is 65.2 Å². The SMILES string of the molecule is COc1cc2c(cc1O[Si](C(C)C)(C(C)C)C(C)C)N(C(=O)OCC(Cl)(Cl)Cl)C(O)[C@@H]1C[C@@H](C)CN1C2=O. The average Bonchev–Trinajstić information content (AvgIpc) is 3.18. The van der Waals surface area contributed by atoms with Gasteiger partial charge in [0, 0.05) is 12.6 Å². The van der Waals surface area contributed by atoms with E-state index in [4.69, 9.17) is 48.7 Å². The normalized spacial score (nSPS) is 22.1. The van der Waals surface area contributed by atoms with Crippen LogP contribution in [-0.2, 0) is 4.74 Å². The van der Waals surface area contributed by atoms with Crippen molar-refractivity contribution in [1.82, 2.24) is 4.90 Å². The van der Waals surface area contributed by atoms with Gasteiger partial charge in [-0.1, -0.05) is 83.3 Å². The summed E-state index contributed by atoms with van der Waals surface area (Å²) in [6.45, 7) is 14.9. The standard InChI is InChI=1S/C26H39Cl3N2O6Si/c1-14(2)38(15(3)4,16(5)6)37-22-11-19-18(10-21(22)35-8)23(32)30-12-17(7)9-20(30)24(33)31(19)25(34)36-13-26(27,28)29/h10-11,14-17,20,24,33H,9,12-13H2,1-8H3/t17-,20+,24?/m1/s1. The summed E-state index contributed by atoms with van der Waals surface area (Å²) >= 11 is 17.5. The van der Waals surface area contributed by atoms with Crippen molar-refractivity contribution in [2.24, 2.45) is 5.92 Å². The third-order valence-electron chi connectivity index (χ3n) is 7.74. The second-order valence-corrected chi connectivity index (χ2v) is 19.2. The Balaban J connectivity index is 2.22. The van der Waals surface area contributed by atoms with Crippen molar-refractivity contribution in [2.45, 2.75) is 87.6 Å². The van der Waals surface area contributed by atoms with E-state index in [0.717, 1.165) is 4.90 Å². The molecule has 1 aromatic rings. The number of benzene rings is 1. The summed E-state index contributed by atoms with van der Waals surface area (Å²) in [7, 11) is -0.938. The lowest BCUT2D eigenvalue weighted by molar-refractivity contribution is 0.0491. The molecule has 3 atom stereocenters. The molecule has 8 nitrogen and oxygen atoms in total. The number of fused-ring (bicyclic) bond motifs is 2. The average molecular weight is 610 g/mol. The Morgan fingerprint density at radius 2 is 1.68 bits per heavy atom. The summed E-state index contributed by atoms with van der Waals surface area (Å²) < 4.78 is 16.1. The van der Waals surface area contributed by atoms with Gasteiger partial charge in [-0.2, -0.15) is 0 Å². The third kappa shape index (κ3) is 5.87. The second kappa shape index (κ2) is 11.6. The lowest BCUT2D eigenvalue weighted by atomic mass is 10.1. The largest absolute Gasteiger partial charge is 0.540 e. The van der Waals surface area contributed by atoms with Crippen LogP contribution in [0.5, 0.6) is 11.5 Å². The molecule has 214 valence electrons. The van der Waals surface area contributed by atoms with Crippen LogP contribution in [0.3, 0.4) is 0 Å². The molecule has 1 aromatic carbocycles. The Hall–Kier alpha value is -1.39. The fourth-order valence-electron chi connectivity index (χ4n) is 6.19. The molecular weight excluding hydrogens is 571 g/mol. The molecule has 0 bridgehead atoms. The Labute approximate surface area is 241 Å². The highest BCUT2D eigenvalue weighted by Gasteiger charge is 2.50. The smallest absolute Gasteiger partial charge is 0.416 e. The number of halogens is 3. The number of methoxy groups -OCH3 is 1. The van der Waals surface area contributed by atoms with Gasteiger partial charge in [0.25, 0.3) is 14.2 Å². The highest BCUT2D eigenvalue weighted by Crippen LogP contribution is 2.48. The summed E-state index contributed by atoms with van der Waals surface area (Å²) in [6.07, 6.45) is -1.80. The van der Waals surface area contributed by atoms with Crippen LogP contribution in [-0.4, -0.2) is 66.6 Å². The summed E-state index contributed by atoms with van der Waals surface area (Å²) in [5.74, 6) is 0.614. The van der Waals surface area contributed by atoms with Gasteiger partial charge in [-0.15, -0.1) is 0 Å². The topological polar surface area (TPSA) is 88.5 Å². The molecule has 0 aromatic heterocycles. The maximum atomic E-state index is 13.8. The first kappa shape index (κ1) is 31.1. The van der Waals surface area contributed by atoms with Gasteiger partial charge in [0.05, 0.1) is 24.4 Å². The number of ether oxygens (including phenoxy) is 2. The molecule has 12 heteroatoms. The van der Waals surface area contributed by atoms with Crippen LogP contribution in [0.15, 0.2) is 12.1 Å². The minimum Gasteiger partial charge on any atom is -0.540 e. The van der Waals surface area contributed by atoms with E-state index in [1.807, 2.05) is 6.92 Å². The van der Waals surface area contributed by atoms with Gasteiger partial charge in [-0.25, -0.2) is 9.69 Å². The van der Waals surface area contributed by atoms with E-state index in [9.17, 15) is 14.7 Å². The van der Waals surface area contributed by atoms with E-state index in [2.05, 4.69) is 41.5 Å². The zero-order valence-electron chi connectivity index (χ0n) is 23.3. The number of rotatable bonds is 7. The van der Waals surface area contributed by atoms with E-state index < -0.39 is 37.1 Å². The predicted octanol–water partition coefficient (Wildman–Crippen LogP) is 6.75. The molecule has 1 N–H and O–H groups in total. The van der Waals surface area contributed by atoms with Crippen LogP contribution in [0, 0.1) is 5.92 Å². The molecule has 3 rings (SSSR count). The fraction of sp³-hybridized carbons (Fsp3) is 0.692. The number of carbonyl (C=O) groups is 2. The molecule has 0 saturated carbocycles. The van der Waals surface area contributed by atoms with Crippen LogP contribution >= 0.6 is 34.8 Å². The maximum Gasteiger partial charge on any atom is 0.416 e. The number of aliphatic hydroxyl groups excluding tert-OH is 1. The number of hydrogen-bond donors (Lipinski definition) is 1. The van der Waals surface area contributed by atoms with Crippen molar-refractivity contribution in [3.8, 4) is 11.5 Å². The lowest BCUT2D eigenvalue weighted by Crippen LogP contribution is -2.51. The molecular formula is C26H39Cl3N2O6Si. The zero-order chi connectivity index (χ0) is 28.7. The molecule has 1 unspecified atom stereocenters. The number of carbonyl (C=O) groups excluding carboxylic acids is 2. The van der Waals surface area contributed by atoms with E-state index in [1.54, 1.807) is 17.0 Å². The van der Waals surface area contributed by atoms with E-state index in [-0.39, 0.29) is 39.7 Å². The van der Waals surface area contributed by atoms with Crippen molar-refractivity contribution in [2.75, 3.05) is 25.2 Å². The van der Waals surface area contributed by atoms with Crippen LogP contribution < -0.4 is 14.1 Å². The Kier molecular flexibility index (Phi) is 9.51. The molecule has 2 aliphatic heterocycles. The quantitative estimate of drug-likeness (QED) is 0.272. The predicted molar refractivity (Wildman–Crippen MR) is 153 cm³/mol. The van der Waals surface area contributed by atoms with Crippen molar-refractivity contribution in [3.05, 3.63) is 17.7 Å². The summed E-state index contributed by atoms with van der Waals surface area (Å²) in [6, 6.07) is 2.56. The first-order valence-electron chi connectivity index (χ1n) is 13.0. The molecule has 2 heterocycles. The number of aliphatic hydroxyl groups is 1. The van der Waals surface area contributed by atoms with Crippen molar-refractivity contribution in [1.29, 1.82) is 0 Å². The summed E-state index contributed by atoms with van der Waals surface area (Å²) in [5.41, 5.74) is 1.14. The molecule has 38 heavy (non-hydrogen) atoms. The van der Waals surface area contributed by atoms with Gasteiger partial charge in [-0.3, -0.25) is 4.79 Å². The second-order valence-electron chi connectivity index (χ2n) is 11.3. The van der Waals surface area contributed by atoms with Gasteiger partial charge in [0.15, 0.2) is 12.0 Å². The number of anilines is 1. The van der Waals surface area contributed by atoms with E-state index >= 15 is 0 Å². The van der Waals surface area contributed by atoms with Crippen LogP contribution in [0.25, 0.3) is 0 Å². The highest BCUT2D eigenvalue weighted by atomic mass is 35.6. The first-order chi connectivity index (χ1) is 17.5. The van der Waals surface area contributed by atoms with Gasteiger partial charge in [0.1, 0.15) is 12.4 Å². The highest BCUT2D eigenvalue weighted by molar-refractivity contribution is 6.78. The minimum absolute atomic E-state index is 0.137. The number of hydrogen-bond acceptors (Lipinski definition) is 6. The van der Waals surface area contributed by atoms with Gasteiger partial charge in [-0.05, 0) is 35.0 Å². The van der Waals surface area contributed by atoms with Crippen molar-refractivity contribution >= 4 is 60.8 Å². The molecule has 1 saturated heterocycles. The Morgan fingerprint density at radius 1 is 1.11 bits per heavy atom. The third-order valence-corrected chi connectivity index (χ3v) is 14.1. The monoisotopic (exact) mass is 608 g/mol.